The smallest absolute Gasteiger partial charge is 0.261 e. The number of aryl methyl sites for hydroxylation is 1. The van der Waals surface area contributed by atoms with Crippen LogP contribution in [-0.2, 0) is 11.3 Å². The molecule has 26 heavy (non-hydrogen) atoms. The van der Waals surface area contributed by atoms with Gasteiger partial charge in [-0.2, -0.15) is 0 Å². The van der Waals surface area contributed by atoms with E-state index >= 15 is 0 Å². The highest BCUT2D eigenvalue weighted by atomic mass is 32.1. The van der Waals surface area contributed by atoms with Crippen LogP contribution >= 0.6 is 11.3 Å². The van der Waals surface area contributed by atoms with Gasteiger partial charge in [0.15, 0.2) is 17.7 Å². The third kappa shape index (κ3) is 4.46. The first kappa shape index (κ1) is 18.1. The van der Waals surface area contributed by atoms with Crippen molar-refractivity contribution in [3.8, 4) is 16.3 Å². The summed E-state index contributed by atoms with van der Waals surface area (Å²) in [5.74, 6) is -0.752. The van der Waals surface area contributed by atoms with Crippen LogP contribution in [0.15, 0.2) is 53.9 Å². The van der Waals surface area contributed by atoms with E-state index in [-0.39, 0.29) is 11.7 Å². The molecule has 134 valence electrons. The number of thiazole rings is 1. The number of aromatic nitrogens is 1. The highest BCUT2D eigenvalue weighted by Crippen LogP contribution is 2.24. The Morgan fingerprint density at radius 2 is 1.96 bits per heavy atom. The molecule has 0 aliphatic heterocycles. The summed E-state index contributed by atoms with van der Waals surface area (Å²) in [5, 5.41) is 5.59. The zero-order valence-electron chi connectivity index (χ0n) is 14.5. The molecule has 6 heteroatoms. The lowest BCUT2D eigenvalue weighted by Gasteiger charge is -2.14. The van der Waals surface area contributed by atoms with Crippen molar-refractivity contribution < 1.29 is 13.9 Å². The monoisotopic (exact) mass is 370 g/mol. The summed E-state index contributed by atoms with van der Waals surface area (Å²) < 4.78 is 19.0. The largest absolute Gasteiger partial charge is 0.478 e. The summed E-state index contributed by atoms with van der Waals surface area (Å²) >= 11 is 1.53. The number of para-hydroxylation sites is 1. The van der Waals surface area contributed by atoms with Crippen LogP contribution in [0, 0.1) is 12.7 Å². The fourth-order valence-corrected chi connectivity index (χ4v) is 3.15. The Kier molecular flexibility index (Phi) is 5.63. The van der Waals surface area contributed by atoms with Gasteiger partial charge in [-0.05, 0) is 26.0 Å². The molecule has 4 nitrogen and oxygen atoms in total. The first-order valence-corrected chi connectivity index (χ1v) is 9.11. The van der Waals surface area contributed by atoms with Gasteiger partial charge in [-0.1, -0.05) is 42.0 Å². The van der Waals surface area contributed by atoms with Gasteiger partial charge in [0, 0.05) is 10.9 Å². The summed E-state index contributed by atoms with van der Waals surface area (Å²) in [6.07, 6.45) is -0.804. The maximum atomic E-state index is 13.6. The van der Waals surface area contributed by atoms with Crippen LogP contribution < -0.4 is 10.1 Å². The van der Waals surface area contributed by atoms with Crippen LogP contribution in [-0.4, -0.2) is 17.0 Å². The Morgan fingerprint density at radius 3 is 2.69 bits per heavy atom. The average Bonchev–Trinajstić information content (AvgIpc) is 3.11. The Morgan fingerprint density at radius 1 is 1.23 bits per heavy atom. The van der Waals surface area contributed by atoms with E-state index in [9.17, 15) is 9.18 Å². The van der Waals surface area contributed by atoms with Crippen molar-refractivity contribution in [2.45, 2.75) is 26.5 Å². The molecule has 1 atom stereocenters. The molecule has 1 amide bonds. The number of hydrogen-bond donors (Lipinski definition) is 1. The van der Waals surface area contributed by atoms with E-state index in [0.29, 0.717) is 6.54 Å². The van der Waals surface area contributed by atoms with Crippen LogP contribution in [0.1, 0.15) is 18.2 Å². The molecule has 0 saturated carbocycles. The minimum Gasteiger partial charge on any atom is -0.478 e. The van der Waals surface area contributed by atoms with Crippen molar-refractivity contribution in [2.24, 2.45) is 0 Å². The average molecular weight is 370 g/mol. The van der Waals surface area contributed by atoms with Gasteiger partial charge >= 0.3 is 0 Å². The van der Waals surface area contributed by atoms with Crippen molar-refractivity contribution in [2.75, 3.05) is 0 Å². The predicted octanol–water partition coefficient (Wildman–Crippen LogP) is 4.34. The van der Waals surface area contributed by atoms with E-state index in [1.807, 2.05) is 36.6 Å². The van der Waals surface area contributed by atoms with E-state index in [0.717, 1.165) is 16.3 Å². The van der Waals surface area contributed by atoms with Gasteiger partial charge in [0.25, 0.3) is 5.91 Å². The molecule has 1 aromatic heterocycles. The second-order valence-electron chi connectivity index (χ2n) is 5.92. The lowest BCUT2D eigenvalue weighted by Crippen LogP contribution is -2.36. The molecule has 3 rings (SSSR count). The van der Waals surface area contributed by atoms with Gasteiger partial charge in [-0.3, -0.25) is 4.79 Å². The number of amides is 1. The molecule has 0 saturated heterocycles. The van der Waals surface area contributed by atoms with Crippen molar-refractivity contribution in [3.05, 3.63) is 71.0 Å². The molecule has 1 heterocycles. The number of nitrogens with one attached hydrogen (secondary N) is 1. The maximum Gasteiger partial charge on any atom is 0.261 e. The Labute approximate surface area is 155 Å². The van der Waals surface area contributed by atoms with Crippen LogP contribution in [0.5, 0.6) is 5.75 Å². The zero-order chi connectivity index (χ0) is 18.5. The van der Waals surface area contributed by atoms with Crippen molar-refractivity contribution in [1.82, 2.24) is 10.3 Å². The Balaban J connectivity index is 1.56. The molecule has 0 aliphatic carbocycles. The maximum absolute atomic E-state index is 13.6. The highest BCUT2D eigenvalue weighted by Gasteiger charge is 2.16. The molecule has 0 spiro atoms. The standard InChI is InChI=1S/C20H19FN2O2S/c1-13-7-9-15(10-8-13)20-23-16(12-26-20)11-22-19(24)14(2)25-18-6-4-3-5-17(18)21/h3-10,12,14H,11H2,1-2H3,(H,22,24)/t14-/m0/s1. The predicted molar refractivity (Wildman–Crippen MR) is 101 cm³/mol. The van der Waals surface area contributed by atoms with Gasteiger partial charge in [0.05, 0.1) is 12.2 Å². The van der Waals surface area contributed by atoms with Crippen molar-refractivity contribution in [3.63, 3.8) is 0 Å². The minimum atomic E-state index is -0.804. The highest BCUT2D eigenvalue weighted by molar-refractivity contribution is 7.13. The Bertz CT molecular complexity index is 893. The van der Waals surface area contributed by atoms with Crippen LogP contribution in [0.2, 0.25) is 0 Å². The second-order valence-corrected chi connectivity index (χ2v) is 6.78. The molecule has 0 unspecified atom stereocenters. The molecule has 2 aromatic carbocycles. The summed E-state index contributed by atoms with van der Waals surface area (Å²) in [4.78, 5) is 16.7. The molecule has 0 aliphatic rings. The lowest BCUT2D eigenvalue weighted by atomic mass is 10.2. The fraction of sp³-hybridized carbons (Fsp3) is 0.200. The van der Waals surface area contributed by atoms with E-state index in [2.05, 4.69) is 10.3 Å². The normalized spacial score (nSPS) is 11.8. The van der Waals surface area contributed by atoms with E-state index in [1.165, 1.54) is 29.0 Å². The van der Waals surface area contributed by atoms with Gasteiger partial charge in [0.1, 0.15) is 5.01 Å². The molecule has 3 aromatic rings. The third-order valence-corrected chi connectivity index (χ3v) is 4.74. The molecule has 1 N–H and O–H groups in total. The van der Waals surface area contributed by atoms with Crippen molar-refractivity contribution in [1.29, 1.82) is 0 Å². The Hall–Kier alpha value is -2.73. The van der Waals surface area contributed by atoms with Crippen molar-refractivity contribution >= 4 is 17.2 Å². The molecular formula is C20H19FN2O2S. The van der Waals surface area contributed by atoms with E-state index in [1.54, 1.807) is 19.1 Å². The number of rotatable bonds is 6. The first-order chi connectivity index (χ1) is 12.5. The quantitative estimate of drug-likeness (QED) is 0.702. The SMILES string of the molecule is Cc1ccc(-c2nc(CNC(=O)[C@H](C)Oc3ccccc3F)cs2)cc1. The van der Waals surface area contributed by atoms with Gasteiger partial charge in [-0.25, -0.2) is 9.37 Å². The first-order valence-electron chi connectivity index (χ1n) is 8.23. The van der Waals surface area contributed by atoms with Gasteiger partial charge < -0.3 is 10.1 Å². The molecule has 0 radical (unpaired) electrons. The van der Waals surface area contributed by atoms with E-state index < -0.39 is 11.9 Å². The van der Waals surface area contributed by atoms with Crippen LogP contribution in [0.3, 0.4) is 0 Å². The topological polar surface area (TPSA) is 51.2 Å². The molecule has 0 bridgehead atoms. The summed E-state index contributed by atoms with van der Waals surface area (Å²) in [5.41, 5.74) is 3.02. The van der Waals surface area contributed by atoms with Crippen LogP contribution in [0.25, 0.3) is 10.6 Å². The molecular weight excluding hydrogens is 351 g/mol. The number of nitrogens with zero attached hydrogens (tertiary/aromatic N) is 1. The number of carbonyl (C=O) groups is 1. The summed E-state index contributed by atoms with van der Waals surface area (Å²) in [6.45, 7) is 3.92. The number of benzene rings is 2. The van der Waals surface area contributed by atoms with Gasteiger partial charge in [-0.15, -0.1) is 11.3 Å². The number of carbonyl (C=O) groups excluding carboxylic acids is 1. The van der Waals surface area contributed by atoms with E-state index in [4.69, 9.17) is 4.74 Å². The minimum absolute atomic E-state index is 0.0606. The number of halogens is 1. The number of ether oxygens (including phenoxy) is 1. The molecule has 0 fully saturated rings. The zero-order valence-corrected chi connectivity index (χ0v) is 15.3. The van der Waals surface area contributed by atoms with Gasteiger partial charge in [0.2, 0.25) is 0 Å². The fourth-order valence-electron chi connectivity index (χ4n) is 2.32. The summed E-state index contributed by atoms with van der Waals surface area (Å²) in [7, 11) is 0. The number of hydrogen-bond acceptors (Lipinski definition) is 4. The third-order valence-electron chi connectivity index (χ3n) is 3.80. The lowest BCUT2D eigenvalue weighted by molar-refractivity contribution is -0.127. The van der Waals surface area contributed by atoms with Crippen LogP contribution in [0.4, 0.5) is 4.39 Å². The second kappa shape index (κ2) is 8.10. The summed E-state index contributed by atoms with van der Waals surface area (Å²) in [6, 6.07) is 14.2.